The molecule has 0 unspecified atom stereocenters. The molecule has 1 saturated carbocycles. The van der Waals surface area contributed by atoms with Gasteiger partial charge >= 0.3 is 0 Å². The van der Waals surface area contributed by atoms with Crippen LogP contribution in [0.4, 0.5) is 0 Å². The van der Waals surface area contributed by atoms with Crippen molar-refractivity contribution < 1.29 is 5.11 Å². The van der Waals surface area contributed by atoms with Crippen molar-refractivity contribution in [3.63, 3.8) is 0 Å². The number of benzene rings is 1. The van der Waals surface area contributed by atoms with Crippen molar-refractivity contribution in [2.24, 2.45) is 0 Å². The zero-order valence-corrected chi connectivity index (χ0v) is 11.3. The normalized spacial score (nSPS) is 16.5. The Bertz CT molecular complexity index is 543. The predicted molar refractivity (Wildman–Crippen MR) is 75.9 cm³/mol. The molecule has 19 heavy (non-hydrogen) atoms. The first-order valence-electron chi connectivity index (χ1n) is 7.08. The number of aliphatic hydroxyl groups is 1. The monoisotopic (exact) mass is 256 g/mol. The second-order valence-electron chi connectivity index (χ2n) is 5.33. The van der Waals surface area contributed by atoms with Gasteiger partial charge in [-0.05, 0) is 19.3 Å². The fourth-order valence-corrected chi connectivity index (χ4v) is 2.50. The molecule has 2 aromatic rings. The summed E-state index contributed by atoms with van der Waals surface area (Å²) in [5, 5.41) is 9.87. The molecule has 0 radical (unpaired) electrons. The van der Waals surface area contributed by atoms with Crippen LogP contribution in [0.15, 0.2) is 36.7 Å². The van der Waals surface area contributed by atoms with Gasteiger partial charge in [0.1, 0.15) is 0 Å². The molecule has 0 amide bonds. The Morgan fingerprint density at radius 1 is 1.32 bits per heavy atom. The quantitative estimate of drug-likeness (QED) is 0.892. The van der Waals surface area contributed by atoms with Gasteiger partial charge < -0.3 is 9.67 Å². The summed E-state index contributed by atoms with van der Waals surface area (Å²) in [6.45, 7) is 2.67. The van der Waals surface area contributed by atoms with Gasteiger partial charge in [-0.3, -0.25) is 0 Å². The minimum atomic E-state index is -0.282. The average Bonchev–Trinajstić information content (AvgIpc) is 3.21. The average molecular weight is 256 g/mol. The van der Waals surface area contributed by atoms with E-state index in [4.69, 9.17) is 0 Å². The molecular formula is C16H20N2O. The Morgan fingerprint density at radius 3 is 2.68 bits per heavy atom. The summed E-state index contributed by atoms with van der Waals surface area (Å²) >= 11 is 0. The van der Waals surface area contributed by atoms with Crippen LogP contribution >= 0.6 is 0 Å². The Morgan fingerprint density at radius 2 is 2.05 bits per heavy atom. The van der Waals surface area contributed by atoms with Crippen molar-refractivity contribution in [2.45, 2.75) is 44.8 Å². The third-order valence-electron chi connectivity index (χ3n) is 3.77. The zero-order valence-electron chi connectivity index (χ0n) is 11.3. The molecule has 1 aromatic carbocycles. The number of hydrogen-bond donors (Lipinski definition) is 1. The molecule has 1 aliphatic carbocycles. The summed E-state index contributed by atoms with van der Waals surface area (Å²) < 4.78 is 2.15. The summed E-state index contributed by atoms with van der Waals surface area (Å²) in [4.78, 5) is 4.59. The maximum Gasteiger partial charge on any atom is 0.0957 e. The van der Waals surface area contributed by atoms with Crippen LogP contribution in [0.5, 0.6) is 0 Å². The smallest absolute Gasteiger partial charge is 0.0957 e. The van der Waals surface area contributed by atoms with E-state index in [9.17, 15) is 5.11 Å². The maximum absolute atomic E-state index is 9.87. The molecular weight excluding hydrogens is 236 g/mol. The highest BCUT2D eigenvalue weighted by Crippen LogP contribution is 2.44. The minimum absolute atomic E-state index is 0.282. The number of rotatable bonds is 5. The molecule has 1 aliphatic rings. The van der Waals surface area contributed by atoms with Crippen molar-refractivity contribution >= 4 is 0 Å². The molecule has 3 rings (SSSR count). The van der Waals surface area contributed by atoms with Gasteiger partial charge in [0.25, 0.3) is 0 Å². The number of imidazole rings is 1. The lowest BCUT2D eigenvalue weighted by atomic mass is 10.1. The van der Waals surface area contributed by atoms with E-state index >= 15 is 0 Å². The summed E-state index contributed by atoms with van der Waals surface area (Å²) in [6.07, 6.45) is 4.87. The van der Waals surface area contributed by atoms with E-state index in [1.165, 1.54) is 24.1 Å². The Balaban J connectivity index is 1.97. The highest BCUT2D eigenvalue weighted by atomic mass is 16.3. The van der Waals surface area contributed by atoms with Gasteiger partial charge in [-0.15, -0.1) is 0 Å². The largest absolute Gasteiger partial charge is 0.391 e. The number of aromatic nitrogens is 2. The van der Waals surface area contributed by atoms with E-state index in [2.05, 4.69) is 21.7 Å². The van der Waals surface area contributed by atoms with Crippen LogP contribution in [-0.4, -0.2) is 20.8 Å². The highest BCUT2D eigenvalue weighted by Gasteiger charge is 2.30. The molecule has 0 aliphatic heterocycles. The summed E-state index contributed by atoms with van der Waals surface area (Å²) in [7, 11) is 0. The number of hydrogen-bond acceptors (Lipinski definition) is 2. The molecule has 0 saturated heterocycles. The van der Waals surface area contributed by atoms with Crippen LogP contribution < -0.4 is 0 Å². The molecule has 1 N–H and O–H groups in total. The number of aliphatic hydroxyl groups excluding tert-OH is 1. The van der Waals surface area contributed by atoms with Gasteiger partial charge in [-0.2, -0.15) is 0 Å². The van der Waals surface area contributed by atoms with Gasteiger partial charge in [0.2, 0.25) is 0 Å². The van der Waals surface area contributed by atoms with Crippen LogP contribution in [0.25, 0.3) is 11.3 Å². The first-order chi connectivity index (χ1) is 9.29. The fourth-order valence-electron chi connectivity index (χ4n) is 2.50. The molecule has 1 atom stereocenters. The van der Waals surface area contributed by atoms with Crippen molar-refractivity contribution in [3.8, 4) is 11.3 Å². The lowest BCUT2D eigenvalue weighted by molar-refractivity contribution is 0.149. The lowest BCUT2D eigenvalue weighted by Crippen LogP contribution is -2.15. The molecule has 3 nitrogen and oxygen atoms in total. The fraction of sp³-hybridized carbons (Fsp3) is 0.438. The van der Waals surface area contributed by atoms with Crippen molar-refractivity contribution in [1.82, 2.24) is 9.55 Å². The first kappa shape index (κ1) is 12.4. The number of nitrogens with zero attached hydrogens (tertiary/aromatic N) is 2. The zero-order chi connectivity index (χ0) is 13.2. The third-order valence-corrected chi connectivity index (χ3v) is 3.77. The van der Waals surface area contributed by atoms with Gasteiger partial charge in [0.15, 0.2) is 0 Å². The van der Waals surface area contributed by atoms with Crippen LogP contribution in [0.1, 0.15) is 37.8 Å². The third kappa shape index (κ3) is 2.56. The Kier molecular flexibility index (Phi) is 3.38. The topological polar surface area (TPSA) is 38.0 Å². The van der Waals surface area contributed by atoms with E-state index in [0.717, 1.165) is 12.1 Å². The van der Waals surface area contributed by atoms with Crippen molar-refractivity contribution in [3.05, 3.63) is 42.4 Å². The maximum atomic E-state index is 9.87. The van der Waals surface area contributed by atoms with Crippen LogP contribution in [0, 0.1) is 0 Å². The Labute approximate surface area is 113 Å². The molecule has 1 fully saturated rings. The molecule has 1 aromatic heterocycles. The second kappa shape index (κ2) is 5.17. The summed E-state index contributed by atoms with van der Waals surface area (Å²) in [6, 6.07) is 10.3. The van der Waals surface area contributed by atoms with Gasteiger partial charge in [0.05, 0.1) is 18.1 Å². The molecule has 100 valence electrons. The van der Waals surface area contributed by atoms with Crippen LogP contribution in [-0.2, 0) is 6.54 Å². The SMILES string of the molecule is CC[C@H](O)Cn1cnc(-c2ccccc2)c1C1CC1. The lowest BCUT2D eigenvalue weighted by Gasteiger charge is -2.13. The van der Waals surface area contributed by atoms with E-state index < -0.39 is 0 Å². The molecule has 3 heteroatoms. The minimum Gasteiger partial charge on any atom is -0.391 e. The molecule has 0 bridgehead atoms. The van der Waals surface area contributed by atoms with Crippen LogP contribution in [0.2, 0.25) is 0 Å². The van der Waals surface area contributed by atoms with E-state index in [1.54, 1.807) is 0 Å². The van der Waals surface area contributed by atoms with E-state index in [1.807, 2.05) is 31.5 Å². The highest BCUT2D eigenvalue weighted by molar-refractivity contribution is 5.63. The van der Waals surface area contributed by atoms with E-state index in [0.29, 0.717) is 12.5 Å². The van der Waals surface area contributed by atoms with Gasteiger partial charge in [-0.25, -0.2) is 4.98 Å². The van der Waals surface area contributed by atoms with Gasteiger partial charge in [0, 0.05) is 23.7 Å². The first-order valence-corrected chi connectivity index (χ1v) is 7.08. The van der Waals surface area contributed by atoms with Gasteiger partial charge in [-0.1, -0.05) is 37.3 Å². The van der Waals surface area contributed by atoms with Crippen LogP contribution in [0.3, 0.4) is 0 Å². The summed E-state index contributed by atoms with van der Waals surface area (Å²) in [5.41, 5.74) is 3.57. The Hall–Kier alpha value is -1.61. The molecule has 1 heterocycles. The predicted octanol–water partition coefficient (Wildman–Crippen LogP) is 3.20. The van der Waals surface area contributed by atoms with Crippen molar-refractivity contribution in [1.29, 1.82) is 0 Å². The van der Waals surface area contributed by atoms with E-state index in [-0.39, 0.29) is 6.10 Å². The standard InChI is InChI=1S/C16H20N2O/c1-2-14(19)10-18-11-17-15(16(18)13-8-9-13)12-6-4-3-5-7-12/h3-7,11,13-14,19H,2,8-10H2,1H3/t14-/m0/s1. The van der Waals surface area contributed by atoms with Crippen molar-refractivity contribution in [2.75, 3.05) is 0 Å². The summed E-state index contributed by atoms with van der Waals surface area (Å²) in [5.74, 6) is 0.627. The second-order valence-corrected chi connectivity index (χ2v) is 5.33. The molecule has 0 spiro atoms.